The van der Waals surface area contributed by atoms with E-state index in [1.54, 1.807) is 35.3 Å². The highest BCUT2D eigenvalue weighted by atomic mass is 32.3. The fourth-order valence-electron chi connectivity index (χ4n) is 4.54. The molecule has 0 bridgehead atoms. The number of hydrogen-bond acceptors (Lipinski definition) is 16. The number of para-hydroxylation sites is 2. The van der Waals surface area contributed by atoms with Crippen molar-refractivity contribution in [3.63, 3.8) is 0 Å². The van der Waals surface area contributed by atoms with E-state index in [0.717, 1.165) is 34.2 Å². The van der Waals surface area contributed by atoms with Crippen molar-refractivity contribution in [1.82, 2.24) is 42.6 Å². The summed E-state index contributed by atoms with van der Waals surface area (Å²) in [7, 11) is -4.67. The summed E-state index contributed by atoms with van der Waals surface area (Å²) in [6.45, 7) is 0. The second kappa shape index (κ2) is 15.9. The van der Waals surface area contributed by atoms with Gasteiger partial charge in [-0.05, 0) is 46.9 Å². The van der Waals surface area contributed by atoms with Gasteiger partial charge in [0.1, 0.15) is 0 Å². The number of hydrazine groups is 8. The minimum Gasteiger partial charge on any atom is -0.267 e. The Morgan fingerprint density at radius 2 is 0.843 bits per heavy atom. The number of hydrazone groups is 4. The molecule has 18 nitrogen and oxygen atoms in total. The van der Waals surface area contributed by atoms with E-state index in [0.29, 0.717) is 0 Å². The van der Waals surface area contributed by atoms with Crippen molar-refractivity contribution in [2.45, 2.75) is 0 Å². The Balaban J connectivity index is 0.000000156. The maximum Gasteiger partial charge on any atom is 0.394 e. The Bertz CT molecular complexity index is 1890. The van der Waals surface area contributed by atoms with E-state index in [1.165, 1.54) is 10.5 Å². The Morgan fingerprint density at radius 3 is 1.16 bits per heavy atom. The molecule has 0 amide bonds. The maximum absolute atomic E-state index is 8.74. The molecule has 4 heterocycles. The summed E-state index contributed by atoms with van der Waals surface area (Å²) in [5, 5.41) is 27.7. The molecule has 0 fully saturated rings. The first-order valence-electron chi connectivity index (χ1n) is 15.2. The zero-order chi connectivity index (χ0) is 35.5. The Labute approximate surface area is 293 Å². The lowest BCUT2D eigenvalue weighted by molar-refractivity contribution is -0.0616. The summed E-state index contributed by atoms with van der Waals surface area (Å²) in [6, 6.07) is 39.7. The van der Waals surface area contributed by atoms with E-state index in [2.05, 4.69) is 42.1 Å². The average molecular weight is 709 g/mol. The molecular weight excluding hydrogens is 677 g/mol. The van der Waals surface area contributed by atoms with Gasteiger partial charge in [0, 0.05) is 23.5 Å². The van der Waals surface area contributed by atoms with Crippen LogP contribution in [0.3, 0.4) is 0 Å². The van der Waals surface area contributed by atoms with Gasteiger partial charge in [0.05, 0.1) is 23.8 Å². The van der Waals surface area contributed by atoms with E-state index in [-0.39, 0.29) is 0 Å². The summed E-state index contributed by atoms with van der Waals surface area (Å²) < 4.78 is 31.6. The van der Waals surface area contributed by atoms with Crippen LogP contribution in [-0.4, -0.2) is 62.5 Å². The lowest BCUT2D eigenvalue weighted by atomic mass is 10.2. The molecule has 8 rings (SSSR count). The average Bonchev–Trinajstić information content (AvgIpc) is 3.83. The highest BCUT2D eigenvalue weighted by Crippen LogP contribution is 2.22. The van der Waals surface area contributed by atoms with Crippen molar-refractivity contribution in [2.24, 2.45) is 20.4 Å². The smallest absolute Gasteiger partial charge is 0.267 e. The van der Waals surface area contributed by atoms with Gasteiger partial charge in [-0.25, -0.2) is 0 Å². The van der Waals surface area contributed by atoms with Crippen LogP contribution in [0.25, 0.3) is 0 Å². The second-order valence-electron chi connectivity index (χ2n) is 10.2. The van der Waals surface area contributed by atoms with Crippen LogP contribution in [0.4, 0.5) is 11.4 Å². The molecule has 51 heavy (non-hydrogen) atoms. The Kier molecular flexibility index (Phi) is 10.5. The number of hydrogen-bond donors (Lipinski definition) is 6. The molecule has 0 aliphatic carbocycles. The van der Waals surface area contributed by atoms with Crippen LogP contribution in [0.5, 0.6) is 0 Å². The number of allylic oxidation sites excluding steroid dienone is 2. The number of amidine groups is 2. The third-order valence-corrected chi connectivity index (χ3v) is 6.69. The van der Waals surface area contributed by atoms with Gasteiger partial charge in [-0.15, -0.1) is 20.4 Å². The molecule has 0 aromatic heterocycles. The summed E-state index contributed by atoms with van der Waals surface area (Å²) in [4.78, 5) is 0. The SMILES string of the molecule is C1=CNN(N2N=C(c3ccccc3)NN2c2ccccc2)N=C1.C1=CNN(N2N=C(c3ccccc3)NN2c2ccccc2)N=C1.O=S(=O)(O)O. The molecule has 4 aliphatic heterocycles. The lowest BCUT2D eigenvalue weighted by Crippen LogP contribution is -2.54. The molecule has 4 aromatic rings. The van der Waals surface area contributed by atoms with Crippen LogP contribution in [0.1, 0.15) is 11.1 Å². The number of nitrogens with one attached hydrogen (secondary N) is 4. The Morgan fingerprint density at radius 1 is 0.510 bits per heavy atom. The van der Waals surface area contributed by atoms with Gasteiger partial charge < -0.3 is 0 Å². The molecule has 0 saturated carbocycles. The predicted octanol–water partition coefficient (Wildman–Crippen LogP) is 3.00. The van der Waals surface area contributed by atoms with Crippen molar-refractivity contribution >= 4 is 45.9 Å². The quantitative estimate of drug-likeness (QED) is 0.160. The summed E-state index contributed by atoms with van der Waals surface area (Å²) in [5.74, 6) is 1.47. The predicted molar refractivity (Wildman–Crippen MR) is 193 cm³/mol. The summed E-state index contributed by atoms with van der Waals surface area (Å²) >= 11 is 0. The maximum atomic E-state index is 8.74. The molecule has 4 aliphatic rings. The molecule has 0 saturated heterocycles. The van der Waals surface area contributed by atoms with Crippen molar-refractivity contribution in [2.75, 3.05) is 10.2 Å². The molecular formula is C32H32N14O4S. The monoisotopic (exact) mass is 708 g/mol. The van der Waals surface area contributed by atoms with Crippen LogP contribution >= 0.6 is 0 Å². The highest BCUT2D eigenvalue weighted by molar-refractivity contribution is 7.79. The topological polar surface area (TPSA) is 192 Å². The normalized spacial score (nSPS) is 15.7. The van der Waals surface area contributed by atoms with Crippen LogP contribution in [-0.2, 0) is 10.4 Å². The number of benzene rings is 4. The molecule has 6 N–H and O–H groups in total. The van der Waals surface area contributed by atoms with Gasteiger partial charge in [0.25, 0.3) is 0 Å². The van der Waals surface area contributed by atoms with E-state index >= 15 is 0 Å². The third-order valence-electron chi connectivity index (χ3n) is 6.69. The van der Waals surface area contributed by atoms with E-state index in [4.69, 9.17) is 17.5 Å². The first-order chi connectivity index (χ1) is 24.8. The molecule has 0 unspecified atom stereocenters. The number of anilines is 2. The minimum atomic E-state index is -4.67. The molecule has 260 valence electrons. The first-order valence-corrected chi connectivity index (χ1v) is 16.6. The van der Waals surface area contributed by atoms with Gasteiger partial charge in [-0.2, -0.15) is 18.7 Å². The van der Waals surface area contributed by atoms with E-state index in [1.807, 2.05) is 144 Å². The van der Waals surface area contributed by atoms with Gasteiger partial charge in [-0.3, -0.25) is 30.8 Å². The summed E-state index contributed by atoms with van der Waals surface area (Å²) in [6.07, 6.45) is 10.6. The van der Waals surface area contributed by atoms with E-state index < -0.39 is 10.4 Å². The van der Waals surface area contributed by atoms with Crippen molar-refractivity contribution < 1.29 is 17.5 Å². The number of nitrogens with zero attached hydrogens (tertiary/aromatic N) is 10. The molecule has 0 spiro atoms. The van der Waals surface area contributed by atoms with Gasteiger partial charge in [0.2, 0.25) is 0 Å². The van der Waals surface area contributed by atoms with Crippen molar-refractivity contribution in [3.05, 3.63) is 157 Å². The first kappa shape index (κ1) is 33.8. The fourth-order valence-corrected chi connectivity index (χ4v) is 4.54. The van der Waals surface area contributed by atoms with Crippen molar-refractivity contribution in [3.8, 4) is 0 Å². The van der Waals surface area contributed by atoms with E-state index in [9.17, 15) is 0 Å². The third kappa shape index (κ3) is 9.08. The largest absolute Gasteiger partial charge is 0.394 e. The van der Waals surface area contributed by atoms with Crippen LogP contribution in [0.15, 0.2) is 166 Å². The fraction of sp³-hybridized carbons (Fsp3) is 0. The molecule has 19 heteroatoms. The van der Waals surface area contributed by atoms with Gasteiger partial charge in [-0.1, -0.05) is 108 Å². The second-order valence-corrected chi connectivity index (χ2v) is 11.1. The molecule has 4 aromatic carbocycles. The van der Waals surface area contributed by atoms with Gasteiger partial charge >= 0.3 is 10.4 Å². The Hall–Kier alpha value is -7.09. The van der Waals surface area contributed by atoms with Crippen LogP contribution < -0.4 is 31.9 Å². The van der Waals surface area contributed by atoms with Crippen LogP contribution in [0, 0.1) is 0 Å². The molecule has 0 radical (unpaired) electrons. The minimum absolute atomic E-state index is 0.737. The summed E-state index contributed by atoms with van der Waals surface area (Å²) in [5.41, 5.74) is 16.5. The standard InChI is InChI=1S/2C16H15N7.H2O4S/c2*1-3-8-14(9-4-1)16-19-21(15-10-5-2-6-11-15)23(20-16)22-17-12-7-13-18-22;1-5(2,3)4/h2*1-13,17H,(H,19,20);(H2,1,2,3,4). The van der Waals surface area contributed by atoms with Crippen LogP contribution in [0.2, 0.25) is 0 Å². The highest BCUT2D eigenvalue weighted by Gasteiger charge is 2.31. The zero-order valence-electron chi connectivity index (χ0n) is 26.6. The number of rotatable bonds is 6. The molecule has 0 atom stereocenters. The van der Waals surface area contributed by atoms with Gasteiger partial charge in [0.15, 0.2) is 11.7 Å². The van der Waals surface area contributed by atoms with Crippen molar-refractivity contribution in [1.29, 1.82) is 0 Å². The lowest BCUT2D eigenvalue weighted by Gasteiger charge is -2.33. The zero-order valence-corrected chi connectivity index (χ0v) is 27.4.